The summed E-state index contributed by atoms with van der Waals surface area (Å²) in [6, 6.07) is 8.42. The Labute approximate surface area is 147 Å². The minimum atomic E-state index is 0.215. The third kappa shape index (κ3) is 3.03. The maximum absolute atomic E-state index is 12.7. The zero-order chi connectivity index (χ0) is 16.5. The standard InChI is InChI=1S/C19H24N2O2S/c1-20(12-15-6-3-9-23-15)17-7-2-5-14-11-21(13-16(14)17)19(22)18-8-4-10-24-18/h3-4,6,8-10,14,16-17H,2,5,7,11-13H2,1H3/t14-,16-,17+/m0/s1. The summed E-state index contributed by atoms with van der Waals surface area (Å²) in [4.78, 5) is 18.1. The Bertz CT molecular complexity index is 668. The van der Waals surface area contributed by atoms with Crippen molar-refractivity contribution in [2.24, 2.45) is 11.8 Å². The monoisotopic (exact) mass is 344 g/mol. The van der Waals surface area contributed by atoms with Crippen molar-refractivity contribution in [3.63, 3.8) is 0 Å². The predicted molar refractivity (Wildman–Crippen MR) is 95.0 cm³/mol. The molecule has 0 aromatic carbocycles. The van der Waals surface area contributed by atoms with Crippen molar-refractivity contribution in [2.75, 3.05) is 20.1 Å². The Morgan fingerprint density at radius 1 is 1.33 bits per heavy atom. The van der Waals surface area contributed by atoms with Crippen molar-refractivity contribution in [3.8, 4) is 0 Å². The topological polar surface area (TPSA) is 36.7 Å². The van der Waals surface area contributed by atoms with Gasteiger partial charge in [0, 0.05) is 19.1 Å². The van der Waals surface area contributed by atoms with Crippen LogP contribution in [0, 0.1) is 11.8 Å². The Morgan fingerprint density at radius 2 is 2.25 bits per heavy atom. The SMILES string of the molecule is CN(Cc1ccco1)[C@@H]1CCC[C@H]2CN(C(=O)c3cccs3)C[C@@H]21. The summed E-state index contributed by atoms with van der Waals surface area (Å²) in [5.41, 5.74) is 0. The van der Waals surface area contributed by atoms with Gasteiger partial charge in [0.15, 0.2) is 0 Å². The van der Waals surface area contributed by atoms with Gasteiger partial charge in [0.05, 0.1) is 17.7 Å². The number of amides is 1. The van der Waals surface area contributed by atoms with E-state index in [1.165, 1.54) is 19.3 Å². The molecule has 0 unspecified atom stereocenters. The molecule has 2 aromatic rings. The van der Waals surface area contributed by atoms with Gasteiger partial charge in [-0.2, -0.15) is 0 Å². The van der Waals surface area contributed by atoms with Gasteiger partial charge in [0.25, 0.3) is 5.91 Å². The number of hydrogen-bond donors (Lipinski definition) is 0. The number of nitrogens with zero attached hydrogens (tertiary/aromatic N) is 2. The van der Waals surface area contributed by atoms with E-state index in [1.54, 1.807) is 17.6 Å². The first-order chi connectivity index (χ1) is 11.7. The van der Waals surface area contributed by atoms with Crippen LogP contribution < -0.4 is 0 Å². The fourth-order valence-corrected chi connectivity index (χ4v) is 5.17. The largest absolute Gasteiger partial charge is 0.468 e. The summed E-state index contributed by atoms with van der Waals surface area (Å²) in [5, 5.41) is 1.98. The highest BCUT2D eigenvalue weighted by Crippen LogP contribution is 2.39. The Morgan fingerprint density at radius 3 is 3.00 bits per heavy atom. The van der Waals surface area contributed by atoms with E-state index in [4.69, 9.17) is 4.42 Å². The molecule has 0 spiro atoms. The van der Waals surface area contributed by atoms with Crippen molar-refractivity contribution in [3.05, 3.63) is 46.5 Å². The second-order valence-corrected chi connectivity index (χ2v) is 8.05. The van der Waals surface area contributed by atoms with Crippen LogP contribution in [0.25, 0.3) is 0 Å². The fourth-order valence-electron chi connectivity index (χ4n) is 4.48. The average Bonchev–Trinajstić information content (AvgIpc) is 3.33. The van der Waals surface area contributed by atoms with Gasteiger partial charge in [-0.3, -0.25) is 9.69 Å². The van der Waals surface area contributed by atoms with E-state index in [0.717, 1.165) is 30.3 Å². The number of hydrogen-bond acceptors (Lipinski definition) is 4. The zero-order valence-corrected chi connectivity index (χ0v) is 14.9. The maximum Gasteiger partial charge on any atom is 0.263 e. The van der Waals surface area contributed by atoms with E-state index in [-0.39, 0.29) is 5.91 Å². The number of furan rings is 1. The van der Waals surface area contributed by atoms with Crippen molar-refractivity contribution in [1.82, 2.24) is 9.80 Å². The summed E-state index contributed by atoms with van der Waals surface area (Å²) in [5.74, 6) is 2.46. The highest BCUT2D eigenvalue weighted by Gasteiger charge is 2.43. The van der Waals surface area contributed by atoms with Gasteiger partial charge in [-0.05, 0) is 55.3 Å². The molecule has 3 heterocycles. The summed E-state index contributed by atoms with van der Waals surface area (Å²) in [6.45, 7) is 2.67. The highest BCUT2D eigenvalue weighted by molar-refractivity contribution is 7.12. The molecule has 0 N–H and O–H groups in total. The lowest BCUT2D eigenvalue weighted by Gasteiger charge is -2.38. The molecule has 4 rings (SSSR count). The fraction of sp³-hybridized carbons (Fsp3) is 0.526. The first-order valence-corrected chi connectivity index (χ1v) is 9.66. The Balaban J connectivity index is 1.45. The van der Waals surface area contributed by atoms with Gasteiger partial charge in [0.2, 0.25) is 0 Å². The first kappa shape index (κ1) is 15.9. The van der Waals surface area contributed by atoms with Crippen LogP contribution >= 0.6 is 11.3 Å². The quantitative estimate of drug-likeness (QED) is 0.848. The minimum absolute atomic E-state index is 0.215. The molecule has 5 heteroatoms. The van der Waals surface area contributed by atoms with Gasteiger partial charge in [-0.1, -0.05) is 12.5 Å². The van der Waals surface area contributed by atoms with Crippen LogP contribution in [0.5, 0.6) is 0 Å². The number of carbonyl (C=O) groups is 1. The third-order valence-corrected chi connectivity index (χ3v) is 6.49. The smallest absolute Gasteiger partial charge is 0.263 e. The van der Waals surface area contributed by atoms with E-state index in [9.17, 15) is 4.79 Å². The van der Waals surface area contributed by atoms with Gasteiger partial charge in [0.1, 0.15) is 5.76 Å². The van der Waals surface area contributed by atoms with E-state index < -0.39 is 0 Å². The Hall–Kier alpha value is -1.59. The molecular weight excluding hydrogens is 320 g/mol. The molecule has 1 aliphatic heterocycles. The summed E-state index contributed by atoms with van der Waals surface area (Å²) in [7, 11) is 2.19. The highest BCUT2D eigenvalue weighted by atomic mass is 32.1. The van der Waals surface area contributed by atoms with Gasteiger partial charge in [-0.15, -0.1) is 11.3 Å². The Kier molecular flexibility index (Phi) is 4.46. The van der Waals surface area contributed by atoms with Crippen LogP contribution in [0.4, 0.5) is 0 Å². The van der Waals surface area contributed by atoms with Crippen LogP contribution in [0.2, 0.25) is 0 Å². The van der Waals surface area contributed by atoms with Crippen LogP contribution in [0.1, 0.15) is 34.7 Å². The van der Waals surface area contributed by atoms with E-state index in [1.807, 2.05) is 29.6 Å². The molecule has 1 amide bonds. The lowest BCUT2D eigenvalue weighted by molar-refractivity contribution is 0.0771. The van der Waals surface area contributed by atoms with Gasteiger partial charge >= 0.3 is 0 Å². The molecule has 128 valence electrons. The second kappa shape index (κ2) is 6.73. The van der Waals surface area contributed by atoms with Crippen molar-refractivity contribution < 1.29 is 9.21 Å². The van der Waals surface area contributed by atoms with Crippen molar-refractivity contribution in [1.29, 1.82) is 0 Å². The third-order valence-electron chi connectivity index (χ3n) is 5.63. The van der Waals surface area contributed by atoms with Crippen LogP contribution in [0.3, 0.4) is 0 Å². The van der Waals surface area contributed by atoms with Crippen molar-refractivity contribution in [2.45, 2.75) is 31.8 Å². The molecule has 3 atom stereocenters. The molecule has 4 nitrogen and oxygen atoms in total. The number of thiophene rings is 1. The number of rotatable bonds is 4. The number of carbonyl (C=O) groups excluding carboxylic acids is 1. The molecule has 2 aromatic heterocycles. The average molecular weight is 344 g/mol. The van der Waals surface area contributed by atoms with Crippen molar-refractivity contribution >= 4 is 17.2 Å². The van der Waals surface area contributed by atoms with Crippen LogP contribution in [0.15, 0.2) is 40.3 Å². The van der Waals surface area contributed by atoms with Gasteiger partial charge in [-0.25, -0.2) is 0 Å². The second-order valence-electron chi connectivity index (χ2n) is 7.10. The molecule has 1 saturated carbocycles. The van der Waals surface area contributed by atoms with Crippen LogP contribution in [-0.4, -0.2) is 41.9 Å². The van der Waals surface area contributed by atoms with E-state index in [0.29, 0.717) is 17.9 Å². The lowest BCUT2D eigenvalue weighted by Crippen LogP contribution is -2.43. The van der Waals surface area contributed by atoms with Gasteiger partial charge < -0.3 is 9.32 Å². The summed E-state index contributed by atoms with van der Waals surface area (Å²) >= 11 is 1.55. The molecule has 24 heavy (non-hydrogen) atoms. The molecule has 2 fully saturated rings. The number of fused-ring (bicyclic) bond motifs is 1. The molecule has 1 saturated heterocycles. The lowest BCUT2D eigenvalue weighted by atomic mass is 9.77. The number of likely N-dealkylation sites (tertiary alicyclic amines) is 1. The zero-order valence-electron chi connectivity index (χ0n) is 14.1. The minimum Gasteiger partial charge on any atom is -0.468 e. The van der Waals surface area contributed by atoms with E-state index in [2.05, 4.69) is 16.8 Å². The summed E-state index contributed by atoms with van der Waals surface area (Å²) < 4.78 is 5.51. The van der Waals surface area contributed by atoms with E-state index >= 15 is 0 Å². The molecule has 0 bridgehead atoms. The molecule has 2 aliphatic rings. The summed E-state index contributed by atoms with van der Waals surface area (Å²) in [6.07, 6.45) is 5.47. The molecule has 0 radical (unpaired) electrons. The first-order valence-electron chi connectivity index (χ1n) is 8.78. The maximum atomic E-state index is 12.7. The van der Waals surface area contributed by atoms with Crippen LogP contribution in [-0.2, 0) is 6.54 Å². The normalized spacial score (nSPS) is 26.8. The predicted octanol–water partition coefficient (Wildman–Crippen LogP) is 3.71. The molecule has 1 aliphatic carbocycles. The molecular formula is C19H24N2O2S.